The van der Waals surface area contributed by atoms with Crippen LogP contribution >= 0.6 is 15.9 Å². The molecule has 0 aromatic heterocycles. The predicted octanol–water partition coefficient (Wildman–Crippen LogP) is 5.04. The molecule has 0 aliphatic carbocycles. The zero-order valence-electron chi connectivity index (χ0n) is 10.3. The van der Waals surface area contributed by atoms with Gasteiger partial charge in [-0.1, -0.05) is 54.0 Å². The van der Waals surface area contributed by atoms with Crippen LogP contribution in [0.1, 0.15) is 25.0 Å². The van der Waals surface area contributed by atoms with Gasteiger partial charge in [0.1, 0.15) is 0 Å². The summed E-state index contributed by atoms with van der Waals surface area (Å²) >= 11 is 3.53. The smallest absolute Gasteiger partial charge is 0.0181 e. The SMILES string of the molecule is CCc1[c]cc(CC)c(-c2cccc(Br)c2)c1. The molecule has 17 heavy (non-hydrogen) atoms. The van der Waals surface area contributed by atoms with Gasteiger partial charge in [-0.3, -0.25) is 0 Å². The van der Waals surface area contributed by atoms with E-state index in [0.29, 0.717) is 0 Å². The Morgan fingerprint density at radius 3 is 2.59 bits per heavy atom. The van der Waals surface area contributed by atoms with E-state index >= 15 is 0 Å². The lowest BCUT2D eigenvalue weighted by atomic mass is 9.95. The highest BCUT2D eigenvalue weighted by Gasteiger charge is 2.05. The third kappa shape index (κ3) is 2.78. The summed E-state index contributed by atoms with van der Waals surface area (Å²) in [4.78, 5) is 0. The van der Waals surface area contributed by atoms with E-state index in [-0.39, 0.29) is 0 Å². The Hall–Kier alpha value is -1.08. The van der Waals surface area contributed by atoms with Crippen molar-refractivity contribution >= 4 is 15.9 Å². The zero-order valence-corrected chi connectivity index (χ0v) is 11.8. The van der Waals surface area contributed by atoms with Crippen molar-refractivity contribution in [1.82, 2.24) is 0 Å². The molecule has 0 saturated carbocycles. The number of rotatable bonds is 3. The number of hydrogen-bond acceptors (Lipinski definition) is 0. The molecule has 0 heterocycles. The average molecular weight is 288 g/mol. The van der Waals surface area contributed by atoms with Crippen LogP contribution in [-0.4, -0.2) is 0 Å². The van der Waals surface area contributed by atoms with Crippen molar-refractivity contribution < 1.29 is 0 Å². The minimum absolute atomic E-state index is 1.03. The summed E-state index contributed by atoms with van der Waals surface area (Å²) in [6, 6.07) is 16.2. The molecule has 0 saturated heterocycles. The number of aryl methyl sites for hydroxylation is 2. The van der Waals surface area contributed by atoms with Crippen LogP contribution < -0.4 is 0 Å². The van der Waals surface area contributed by atoms with Crippen LogP contribution in [-0.2, 0) is 12.8 Å². The lowest BCUT2D eigenvalue weighted by Gasteiger charge is -2.10. The van der Waals surface area contributed by atoms with E-state index in [1.54, 1.807) is 0 Å². The van der Waals surface area contributed by atoms with Crippen LogP contribution in [0.3, 0.4) is 0 Å². The van der Waals surface area contributed by atoms with Crippen molar-refractivity contribution in [3.05, 3.63) is 58.1 Å². The van der Waals surface area contributed by atoms with Gasteiger partial charge in [-0.2, -0.15) is 0 Å². The maximum atomic E-state index is 3.53. The third-order valence-corrected chi connectivity index (χ3v) is 3.49. The zero-order chi connectivity index (χ0) is 12.3. The van der Waals surface area contributed by atoms with E-state index in [1.165, 1.54) is 22.3 Å². The number of halogens is 1. The maximum Gasteiger partial charge on any atom is 0.0181 e. The third-order valence-electron chi connectivity index (χ3n) is 2.99. The van der Waals surface area contributed by atoms with Crippen molar-refractivity contribution in [3.63, 3.8) is 0 Å². The Bertz CT molecular complexity index is 515. The summed E-state index contributed by atoms with van der Waals surface area (Å²) in [6.45, 7) is 4.36. The highest BCUT2D eigenvalue weighted by Crippen LogP contribution is 2.27. The van der Waals surface area contributed by atoms with E-state index in [1.807, 2.05) is 0 Å². The second-order valence-electron chi connectivity index (χ2n) is 4.11. The lowest BCUT2D eigenvalue weighted by molar-refractivity contribution is 1.10. The van der Waals surface area contributed by atoms with Gasteiger partial charge in [0.05, 0.1) is 0 Å². The van der Waals surface area contributed by atoms with Gasteiger partial charge in [0.25, 0.3) is 0 Å². The molecule has 0 unspecified atom stereocenters. The second-order valence-corrected chi connectivity index (χ2v) is 5.03. The van der Waals surface area contributed by atoms with Crippen LogP contribution in [0.5, 0.6) is 0 Å². The monoisotopic (exact) mass is 287 g/mol. The summed E-state index contributed by atoms with van der Waals surface area (Å²) in [5.41, 5.74) is 5.25. The molecule has 87 valence electrons. The van der Waals surface area contributed by atoms with E-state index < -0.39 is 0 Å². The summed E-state index contributed by atoms with van der Waals surface area (Å²) in [5.74, 6) is 0. The van der Waals surface area contributed by atoms with Crippen LogP contribution in [0, 0.1) is 6.07 Å². The molecule has 2 aromatic rings. The molecule has 0 atom stereocenters. The topological polar surface area (TPSA) is 0 Å². The molecule has 2 rings (SSSR count). The van der Waals surface area contributed by atoms with Gasteiger partial charge in [-0.25, -0.2) is 0 Å². The highest BCUT2D eigenvalue weighted by atomic mass is 79.9. The summed E-state index contributed by atoms with van der Waals surface area (Å²) in [5, 5.41) is 0. The van der Waals surface area contributed by atoms with Crippen molar-refractivity contribution in [2.75, 3.05) is 0 Å². The molecular formula is C16H16Br. The summed E-state index contributed by atoms with van der Waals surface area (Å²) in [7, 11) is 0. The van der Waals surface area contributed by atoms with Crippen LogP contribution in [0.4, 0.5) is 0 Å². The Morgan fingerprint density at radius 1 is 1.12 bits per heavy atom. The molecule has 0 fully saturated rings. The van der Waals surface area contributed by atoms with E-state index in [4.69, 9.17) is 0 Å². The fraction of sp³-hybridized carbons (Fsp3) is 0.250. The minimum atomic E-state index is 1.03. The van der Waals surface area contributed by atoms with Gasteiger partial charge in [0.2, 0.25) is 0 Å². The van der Waals surface area contributed by atoms with Gasteiger partial charge < -0.3 is 0 Å². The van der Waals surface area contributed by atoms with Gasteiger partial charge in [0, 0.05) is 4.47 Å². The largest absolute Gasteiger partial charge is 0.0613 e. The Morgan fingerprint density at radius 2 is 1.94 bits per heavy atom. The molecule has 0 nitrogen and oxygen atoms in total. The Labute approximate surface area is 112 Å². The Balaban J connectivity index is 2.56. The van der Waals surface area contributed by atoms with Gasteiger partial charge >= 0.3 is 0 Å². The fourth-order valence-electron chi connectivity index (χ4n) is 1.99. The average Bonchev–Trinajstić information content (AvgIpc) is 2.38. The van der Waals surface area contributed by atoms with Crippen LogP contribution in [0.2, 0.25) is 0 Å². The van der Waals surface area contributed by atoms with Gasteiger partial charge in [0.15, 0.2) is 0 Å². The first kappa shape index (κ1) is 12.4. The van der Waals surface area contributed by atoms with Crippen molar-refractivity contribution in [3.8, 4) is 11.1 Å². The molecule has 0 N–H and O–H groups in total. The molecule has 2 aromatic carbocycles. The van der Waals surface area contributed by atoms with Crippen molar-refractivity contribution in [1.29, 1.82) is 0 Å². The molecule has 0 spiro atoms. The molecule has 0 bridgehead atoms. The van der Waals surface area contributed by atoms with Gasteiger partial charge in [-0.05, 0) is 53.3 Å². The summed E-state index contributed by atoms with van der Waals surface area (Å²) in [6.07, 6.45) is 2.08. The lowest BCUT2D eigenvalue weighted by Crippen LogP contribution is -1.91. The molecular weight excluding hydrogens is 272 g/mol. The summed E-state index contributed by atoms with van der Waals surface area (Å²) < 4.78 is 1.13. The van der Waals surface area contributed by atoms with E-state index in [2.05, 4.69) is 72.2 Å². The normalized spacial score (nSPS) is 10.5. The fourth-order valence-corrected chi connectivity index (χ4v) is 2.39. The first-order valence-electron chi connectivity index (χ1n) is 6.04. The second kappa shape index (κ2) is 5.50. The Kier molecular flexibility index (Phi) is 4.01. The highest BCUT2D eigenvalue weighted by molar-refractivity contribution is 9.10. The first-order valence-corrected chi connectivity index (χ1v) is 6.83. The number of benzene rings is 2. The van der Waals surface area contributed by atoms with E-state index in [0.717, 1.165) is 17.3 Å². The quantitative estimate of drug-likeness (QED) is 0.742. The van der Waals surface area contributed by atoms with Crippen LogP contribution in [0.15, 0.2) is 40.9 Å². The predicted molar refractivity (Wildman–Crippen MR) is 77.2 cm³/mol. The van der Waals surface area contributed by atoms with Crippen LogP contribution in [0.25, 0.3) is 11.1 Å². The maximum absolute atomic E-state index is 3.53. The molecule has 0 aliphatic heterocycles. The van der Waals surface area contributed by atoms with Crippen molar-refractivity contribution in [2.45, 2.75) is 26.7 Å². The van der Waals surface area contributed by atoms with Gasteiger partial charge in [-0.15, -0.1) is 0 Å². The van der Waals surface area contributed by atoms with E-state index in [9.17, 15) is 0 Å². The first-order chi connectivity index (χ1) is 8.24. The minimum Gasteiger partial charge on any atom is -0.0613 e. The number of hydrogen-bond donors (Lipinski definition) is 0. The molecule has 0 amide bonds. The molecule has 1 radical (unpaired) electrons. The molecule has 1 heteroatoms. The van der Waals surface area contributed by atoms with Crippen molar-refractivity contribution in [2.24, 2.45) is 0 Å². The molecule has 0 aliphatic rings. The standard InChI is InChI=1S/C16H16Br/c1-3-12-8-9-13(4-2)16(10-12)14-6-5-7-15(17)11-14/h5-7,9-11H,3-4H2,1-2H3.